The van der Waals surface area contributed by atoms with E-state index in [0.29, 0.717) is 22.1 Å². The third kappa shape index (κ3) is 3.23. The average Bonchev–Trinajstić information content (AvgIpc) is 2.30. The van der Waals surface area contributed by atoms with Crippen molar-refractivity contribution in [2.45, 2.75) is 18.2 Å². The molecule has 0 radical (unpaired) electrons. The van der Waals surface area contributed by atoms with Gasteiger partial charge in [0.1, 0.15) is 0 Å². The molecule has 0 aliphatic heterocycles. The molecule has 0 amide bonds. The van der Waals surface area contributed by atoms with Crippen LogP contribution in [0.3, 0.4) is 0 Å². The molecule has 0 saturated carbocycles. The van der Waals surface area contributed by atoms with Crippen LogP contribution in [0.4, 0.5) is 5.69 Å². The van der Waals surface area contributed by atoms with Crippen LogP contribution in [0, 0.1) is 6.92 Å². The summed E-state index contributed by atoms with van der Waals surface area (Å²) >= 11 is 3.26. The molecule has 0 aliphatic carbocycles. The van der Waals surface area contributed by atoms with Gasteiger partial charge in [-0.1, -0.05) is 0 Å². The van der Waals surface area contributed by atoms with E-state index in [-0.39, 0.29) is 18.0 Å². The van der Waals surface area contributed by atoms with E-state index in [0.717, 1.165) is 0 Å². The zero-order valence-corrected chi connectivity index (χ0v) is 12.8. The maximum atomic E-state index is 12.3. The summed E-state index contributed by atoms with van der Waals surface area (Å²) in [5.41, 5.74) is 6.73. The molecule has 0 atom stereocenters. The molecule has 0 aromatic heterocycles. The fourth-order valence-corrected chi connectivity index (χ4v) is 3.43. The Morgan fingerprint density at radius 1 is 1.44 bits per heavy atom. The minimum Gasteiger partial charge on any atom is -0.398 e. The van der Waals surface area contributed by atoms with Crippen LogP contribution in [0.5, 0.6) is 0 Å². The van der Waals surface area contributed by atoms with Crippen molar-refractivity contribution in [3.05, 3.63) is 22.2 Å². The van der Waals surface area contributed by atoms with Crippen molar-refractivity contribution in [1.82, 2.24) is 4.31 Å². The molecule has 0 fully saturated rings. The molecule has 0 unspecified atom stereocenters. The molecule has 102 valence electrons. The highest BCUT2D eigenvalue weighted by Gasteiger charge is 2.23. The molecule has 1 aromatic carbocycles. The number of nitrogen functional groups attached to an aromatic ring is 1. The normalized spacial score (nSPS) is 12.1. The first-order chi connectivity index (χ1) is 8.30. The molecule has 18 heavy (non-hydrogen) atoms. The number of sulfonamides is 1. The quantitative estimate of drug-likeness (QED) is 0.795. The lowest BCUT2D eigenvalue weighted by Gasteiger charge is -2.18. The van der Waals surface area contributed by atoms with Crippen molar-refractivity contribution in [3.8, 4) is 0 Å². The molecule has 1 aromatic rings. The first-order valence-electron chi connectivity index (χ1n) is 5.43. The summed E-state index contributed by atoms with van der Waals surface area (Å²) in [5, 5.41) is 8.74. The molecule has 1 rings (SSSR count). The van der Waals surface area contributed by atoms with Gasteiger partial charge in [0.2, 0.25) is 10.0 Å². The first-order valence-corrected chi connectivity index (χ1v) is 7.67. The lowest BCUT2D eigenvalue weighted by Crippen LogP contribution is -2.29. The predicted octanol–water partition coefficient (Wildman–Crippen LogP) is 1.34. The Morgan fingerprint density at radius 3 is 2.61 bits per heavy atom. The minimum atomic E-state index is -3.56. The fraction of sp³-hybridized carbons (Fsp3) is 0.455. The number of nitrogens with zero attached hydrogens (tertiary/aromatic N) is 1. The highest BCUT2D eigenvalue weighted by atomic mass is 79.9. The summed E-state index contributed by atoms with van der Waals surface area (Å²) in [6.07, 6.45) is 0.404. The Balaban J connectivity index is 3.16. The van der Waals surface area contributed by atoms with Gasteiger partial charge < -0.3 is 10.8 Å². The summed E-state index contributed by atoms with van der Waals surface area (Å²) in [6.45, 7) is 1.95. The van der Waals surface area contributed by atoms with Gasteiger partial charge in [-0.2, -0.15) is 0 Å². The smallest absolute Gasteiger partial charge is 0.243 e. The van der Waals surface area contributed by atoms with Gasteiger partial charge in [0.05, 0.1) is 4.90 Å². The van der Waals surface area contributed by atoms with Crippen LogP contribution >= 0.6 is 15.9 Å². The standard InChI is InChI=1S/C11H17BrN2O3S/c1-8-6-9(12)10(13)7-11(8)18(16,17)14(2)4-3-5-15/h6-7,15H,3-5,13H2,1-2H3. The zero-order valence-electron chi connectivity index (χ0n) is 10.4. The number of aliphatic hydroxyl groups is 1. The van der Waals surface area contributed by atoms with Gasteiger partial charge in [-0.05, 0) is 47.0 Å². The second-order valence-electron chi connectivity index (χ2n) is 4.04. The maximum Gasteiger partial charge on any atom is 0.243 e. The maximum absolute atomic E-state index is 12.3. The van der Waals surface area contributed by atoms with Crippen LogP contribution in [-0.2, 0) is 10.0 Å². The van der Waals surface area contributed by atoms with E-state index in [9.17, 15) is 8.42 Å². The Morgan fingerprint density at radius 2 is 2.06 bits per heavy atom. The summed E-state index contributed by atoms with van der Waals surface area (Å²) in [4.78, 5) is 0.198. The molecule has 7 heteroatoms. The Labute approximate surface area is 116 Å². The SMILES string of the molecule is Cc1cc(Br)c(N)cc1S(=O)(=O)N(C)CCCO. The van der Waals surface area contributed by atoms with Crippen molar-refractivity contribution in [2.24, 2.45) is 0 Å². The largest absolute Gasteiger partial charge is 0.398 e. The lowest BCUT2D eigenvalue weighted by molar-refractivity contribution is 0.275. The number of aliphatic hydroxyl groups excluding tert-OH is 1. The van der Waals surface area contributed by atoms with Crippen LogP contribution in [0.2, 0.25) is 0 Å². The second-order valence-corrected chi connectivity index (χ2v) is 6.91. The highest BCUT2D eigenvalue weighted by Crippen LogP contribution is 2.28. The Bertz CT molecular complexity index is 531. The number of aryl methyl sites for hydroxylation is 1. The molecule has 5 nitrogen and oxygen atoms in total. The number of rotatable bonds is 5. The van der Waals surface area contributed by atoms with Crippen molar-refractivity contribution >= 4 is 31.6 Å². The third-order valence-corrected chi connectivity index (χ3v) is 5.30. The van der Waals surface area contributed by atoms with Crippen LogP contribution < -0.4 is 5.73 Å². The number of benzene rings is 1. The van der Waals surface area contributed by atoms with Gasteiger partial charge in [-0.15, -0.1) is 0 Å². The highest BCUT2D eigenvalue weighted by molar-refractivity contribution is 9.10. The summed E-state index contributed by atoms with van der Waals surface area (Å²) in [7, 11) is -2.07. The van der Waals surface area contributed by atoms with Gasteiger partial charge >= 0.3 is 0 Å². The molecule has 0 saturated heterocycles. The predicted molar refractivity (Wildman–Crippen MR) is 74.8 cm³/mol. The molecule has 0 bridgehead atoms. The lowest BCUT2D eigenvalue weighted by atomic mass is 10.2. The number of halogens is 1. The van der Waals surface area contributed by atoms with Gasteiger partial charge in [0.25, 0.3) is 0 Å². The minimum absolute atomic E-state index is 0.0404. The monoisotopic (exact) mass is 336 g/mol. The van der Waals surface area contributed by atoms with E-state index >= 15 is 0 Å². The number of hydrogen-bond acceptors (Lipinski definition) is 4. The van der Waals surface area contributed by atoms with Crippen molar-refractivity contribution < 1.29 is 13.5 Å². The molecule has 0 aliphatic rings. The van der Waals surface area contributed by atoms with Gasteiger partial charge in [-0.25, -0.2) is 12.7 Å². The molecular weight excluding hydrogens is 320 g/mol. The number of anilines is 1. The molecule has 3 N–H and O–H groups in total. The number of hydrogen-bond donors (Lipinski definition) is 2. The van der Waals surface area contributed by atoms with Crippen molar-refractivity contribution in [1.29, 1.82) is 0 Å². The Hall–Kier alpha value is -0.630. The van der Waals surface area contributed by atoms with Crippen LogP contribution in [0.1, 0.15) is 12.0 Å². The van der Waals surface area contributed by atoms with Crippen LogP contribution in [-0.4, -0.2) is 38.0 Å². The topological polar surface area (TPSA) is 83.6 Å². The van der Waals surface area contributed by atoms with Crippen molar-refractivity contribution in [3.63, 3.8) is 0 Å². The van der Waals surface area contributed by atoms with Crippen LogP contribution in [0.25, 0.3) is 0 Å². The van der Waals surface area contributed by atoms with E-state index in [4.69, 9.17) is 10.8 Å². The molecule has 0 heterocycles. The van der Waals surface area contributed by atoms with Gasteiger partial charge in [0, 0.05) is 30.4 Å². The van der Waals surface area contributed by atoms with E-state index in [1.54, 1.807) is 13.0 Å². The van der Waals surface area contributed by atoms with E-state index < -0.39 is 10.0 Å². The second kappa shape index (κ2) is 6.01. The van der Waals surface area contributed by atoms with E-state index in [1.807, 2.05) is 0 Å². The van der Waals surface area contributed by atoms with Gasteiger partial charge in [-0.3, -0.25) is 0 Å². The molecule has 0 spiro atoms. The summed E-state index contributed by atoms with van der Waals surface area (Å²) < 4.78 is 26.5. The zero-order chi connectivity index (χ0) is 13.9. The van der Waals surface area contributed by atoms with E-state index in [1.165, 1.54) is 17.4 Å². The van der Waals surface area contributed by atoms with Gasteiger partial charge in [0.15, 0.2) is 0 Å². The summed E-state index contributed by atoms with van der Waals surface area (Å²) in [5.74, 6) is 0. The molecular formula is C11H17BrN2O3S. The van der Waals surface area contributed by atoms with Crippen LogP contribution in [0.15, 0.2) is 21.5 Å². The average molecular weight is 337 g/mol. The van der Waals surface area contributed by atoms with Crippen molar-refractivity contribution in [2.75, 3.05) is 25.9 Å². The Kier molecular flexibility index (Phi) is 5.15. The van der Waals surface area contributed by atoms with E-state index in [2.05, 4.69) is 15.9 Å². The number of nitrogens with two attached hydrogens (primary N) is 1. The summed E-state index contributed by atoms with van der Waals surface area (Å²) in [6, 6.07) is 3.13. The first kappa shape index (κ1) is 15.4. The fourth-order valence-electron chi connectivity index (χ4n) is 1.53. The third-order valence-electron chi connectivity index (χ3n) is 2.61.